The zero-order valence-electron chi connectivity index (χ0n) is 13.7. The summed E-state index contributed by atoms with van der Waals surface area (Å²) in [7, 11) is 0. The predicted octanol–water partition coefficient (Wildman–Crippen LogP) is 0.194. The van der Waals surface area contributed by atoms with E-state index in [0.29, 0.717) is 24.3 Å². The van der Waals surface area contributed by atoms with E-state index in [2.05, 4.69) is 5.32 Å². The first-order valence-corrected chi connectivity index (χ1v) is 7.88. The Morgan fingerprint density at radius 2 is 1.88 bits per heavy atom. The molecule has 1 saturated heterocycles. The molecule has 1 aromatic carbocycles. The van der Waals surface area contributed by atoms with Gasteiger partial charge in [0.2, 0.25) is 5.91 Å². The van der Waals surface area contributed by atoms with Gasteiger partial charge in [0, 0.05) is 43.9 Å². The molecule has 1 aliphatic rings. The summed E-state index contributed by atoms with van der Waals surface area (Å²) in [5.74, 6) is -1.28. The Kier molecular flexibility index (Phi) is 5.93. The number of carboxylic acids is 1. The SMILES string of the molecule is N=C(N)c1ccc(N2CCN(CCC(=O)NCCC(=O)O)C2=O)cc1. The van der Waals surface area contributed by atoms with E-state index < -0.39 is 5.97 Å². The summed E-state index contributed by atoms with van der Waals surface area (Å²) < 4.78 is 0. The van der Waals surface area contributed by atoms with Crippen LogP contribution in [0.25, 0.3) is 0 Å². The summed E-state index contributed by atoms with van der Waals surface area (Å²) in [6.45, 7) is 1.38. The molecule has 0 radical (unpaired) electrons. The molecule has 3 amide bonds. The van der Waals surface area contributed by atoms with Gasteiger partial charge >= 0.3 is 12.0 Å². The number of hydrogen-bond acceptors (Lipinski definition) is 4. The van der Waals surface area contributed by atoms with E-state index in [1.54, 1.807) is 34.1 Å². The minimum Gasteiger partial charge on any atom is -0.481 e. The number of anilines is 1. The van der Waals surface area contributed by atoms with Crippen molar-refractivity contribution in [3.63, 3.8) is 0 Å². The van der Waals surface area contributed by atoms with Gasteiger partial charge < -0.3 is 21.1 Å². The fraction of sp³-hybridized carbons (Fsp3) is 0.375. The lowest BCUT2D eigenvalue weighted by molar-refractivity contribution is -0.136. The zero-order chi connectivity index (χ0) is 18.4. The fourth-order valence-corrected chi connectivity index (χ4v) is 2.48. The summed E-state index contributed by atoms with van der Waals surface area (Å²) >= 11 is 0. The van der Waals surface area contributed by atoms with Crippen molar-refractivity contribution in [2.24, 2.45) is 5.73 Å². The smallest absolute Gasteiger partial charge is 0.324 e. The maximum Gasteiger partial charge on any atom is 0.324 e. The Balaban J connectivity index is 1.83. The third-order valence-electron chi connectivity index (χ3n) is 3.85. The van der Waals surface area contributed by atoms with Crippen LogP contribution in [0.2, 0.25) is 0 Å². The lowest BCUT2D eigenvalue weighted by Crippen LogP contribution is -2.35. The number of amides is 3. The van der Waals surface area contributed by atoms with E-state index in [9.17, 15) is 14.4 Å². The second-order valence-electron chi connectivity index (χ2n) is 5.63. The lowest BCUT2D eigenvalue weighted by atomic mass is 10.2. The molecular weight excluding hydrogens is 326 g/mol. The van der Waals surface area contributed by atoms with E-state index in [1.807, 2.05) is 0 Å². The summed E-state index contributed by atoms with van der Waals surface area (Å²) in [4.78, 5) is 37.6. The van der Waals surface area contributed by atoms with Crippen molar-refractivity contribution in [3.05, 3.63) is 29.8 Å². The van der Waals surface area contributed by atoms with E-state index in [-0.39, 0.29) is 43.7 Å². The highest BCUT2D eigenvalue weighted by molar-refractivity contribution is 5.97. The minimum atomic E-state index is -0.971. The normalized spacial score (nSPS) is 13.8. The van der Waals surface area contributed by atoms with Crippen molar-refractivity contribution in [3.8, 4) is 0 Å². The Hall–Kier alpha value is -3.10. The van der Waals surface area contributed by atoms with Crippen LogP contribution >= 0.6 is 0 Å². The van der Waals surface area contributed by atoms with Crippen LogP contribution in [0.3, 0.4) is 0 Å². The third kappa shape index (κ3) is 4.93. The largest absolute Gasteiger partial charge is 0.481 e. The maximum atomic E-state index is 12.4. The second-order valence-corrected chi connectivity index (χ2v) is 5.63. The van der Waals surface area contributed by atoms with Crippen LogP contribution in [-0.4, -0.2) is 59.9 Å². The van der Waals surface area contributed by atoms with Crippen LogP contribution in [0.1, 0.15) is 18.4 Å². The van der Waals surface area contributed by atoms with Gasteiger partial charge in [0.15, 0.2) is 0 Å². The number of carboxylic acid groups (broad SMARTS) is 1. The molecule has 25 heavy (non-hydrogen) atoms. The zero-order valence-corrected chi connectivity index (χ0v) is 13.7. The summed E-state index contributed by atoms with van der Waals surface area (Å²) in [5, 5.41) is 18.4. The van der Waals surface area contributed by atoms with Crippen molar-refractivity contribution < 1.29 is 19.5 Å². The molecule has 1 fully saturated rings. The standard InChI is InChI=1S/C16H21N5O4/c17-15(18)11-1-3-12(4-2-11)21-10-9-20(16(21)25)8-6-13(22)19-7-5-14(23)24/h1-4H,5-10H2,(H3,17,18)(H,19,22)(H,23,24). The highest BCUT2D eigenvalue weighted by atomic mass is 16.4. The molecule has 0 aliphatic carbocycles. The van der Waals surface area contributed by atoms with Gasteiger partial charge in [-0.2, -0.15) is 0 Å². The van der Waals surface area contributed by atoms with Crippen molar-refractivity contribution >= 4 is 29.4 Å². The van der Waals surface area contributed by atoms with Gasteiger partial charge in [0.1, 0.15) is 5.84 Å². The number of nitrogens with two attached hydrogens (primary N) is 1. The van der Waals surface area contributed by atoms with Crippen LogP contribution in [0.5, 0.6) is 0 Å². The Labute approximate surface area is 144 Å². The van der Waals surface area contributed by atoms with Crippen molar-refractivity contribution in [2.75, 3.05) is 31.1 Å². The number of nitrogen functional groups attached to an aromatic ring is 1. The second kappa shape index (κ2) is 8.13. The van der Waals surface area contributed by atoms with Gasteiger partial charge in [0.05, 0.1) is 6.42 Å². The van der Waals surface area contributed by atoms with Gasteiger partial charge in [0.25, 0.3) is 0 Å². The van der Waals surface area contributed by atoms with Crippen molar-refractivity contribution in [1.29, 1.82) is 5.41 Å². The number of benzene rings is 1. The average molecular weight is 347 g/mol. The average Bonchev–Trinajstić information content (AvgIpc) is 2.93. The fourth-order valence-electron chi connectivity index (χ4n) is 2.48. The molecule has 1 aromatic rings. The van der Waals surface area contributed by atoms with Crippen LogP contribution in [-0.2, 0) is 9.59 Å². The molecule has 9 nitrogen and oxygen atoms in total. The number of carbonyl (C=O) groups excluding carboxylic acids is 2. The molecule has 0 unspecified atom stereocenters. The molecule has 134 valence electrons. The molecule has 2 rings (SSSR count). The van der Waals surface area contributed by atoms with Gasteiger partial charge in [-0.1, -0.05) is 0 Å². The molecule has 0 aromatic heterocycles. The van der Waals surface area contributed by atoms with Crippen LogP contribution in [0.15, 0.2) is 24.3 Å². The highest BCUT2D eigenvalue weighted by Gasteiger charge is 2.29. The van der Waals surface area contributed by atoms with Gasteiger partial charge in [-0.3, -0.25) is 19.9 Å². The lowest BCUT2D eigenvalue weighted by Gasteiger charge is -2.18. The van der Waals surface area contributed by atoms with Crippen LogP contribution < -0.4 is 16.0 Å². The monoisotopic (exact) mass is 347 g/mol. The number of urea groups is 1. The number of aliphatic carboxylic acids is 1. The number of nitrogens with zero attached hydrogens (tertiary/aromatic N) is 2. The Morgan fingerprint density at radius 3 is 2.48 bits per heavy atom. The van der Waals surface area contributed by atoms with Crippen molar-refractivity contribution in [1.82, 2.24) is 10.2 Å². The number of carbonyl (C=O) groups is 3. The van der Waals surface area contributed by atoms with E-state index in [1.165, 1.54) is 0 Å². The highest BCUT2D eigenvalue weighted by Crippen LogP contribution is 2.21. The minimum absolute atomic E-state index is 0.0326. The number of amidine groups is 1. The molecule has 5 N–H and O–H groups in total. The Bertz CT molecular complexity index is 674. The molecule has 0 spiro atoms. The summed E-state index contributed by atoms with van der Waals surface area (Å²) in [6, 6.07) is 6.65. The van der Waals surface area contributed by atoms with Gasteiger partial charge in [-0.25, -0.2) is 4.79 Å². The van der Waals surface area contributed by atoms with Gasteiger partial charge in [-0.15, -0.1) is 0 Å². The molecule has 9 heteroatoms. The summed E-state index contributed by atoms with van der Waals surface area (Å²) in [5.41, 5.74) is 6.71. The summed E-state index contributed by atoms with van der Waals surface area (Å²) in [6.07, 6.45) is 0.000887. The third-order valence-corrected chi connectivity index (χ3v) is 3.85. The number of hydrogen-bond donors (Lipinski definition) is 4. The first-order valence-electron chi connectivity index (χ1n) is 7.88. The van der Waals surface area contributed by atoms with Gasteiger partial charge in [-0.05, 0) is 24.3 Å². The molecular formula is C16H21N5O4. The first-order chi connectivity index (χ1) is 11.9. The van der Waals surface area contributed by atoms with Crippen molar-refractivity contribution in [2.45, 2.75) is 12.8 Å². The van der Waals surface area contributed by atoms with E-state index in [0.717, 1.165) is 0 Å². The Morgan fingerprint density at radius 1 is 1.20 bits per heavy atom. The molecule has 0 saturated carbocycles. The topological polar surface area (TPSA) is 140 Å². The number of nitrogens with one attached hydrogen (secondary N) is 2. The molecule has 0 bridgehead atoms. The predicted molar refractivity (Wildman–Crippen MR) is 91.7 cm³/mol. The molecule has 1 aliphatic heterocycles. The number of rotatable bonds is 8. The quantitative estimate of drug-likeness (QED) is 0.393. The van der Waals surface area contributed by atoms with E-state index in [4.69, 9.17) is 16.2 Å². The van der Waals surface area contributed by atoms with Crippen LogP contribution in [0.4, 0.5) is 10.5 Å². The molecule has 1 heterocycles. The maximum absolute atomic E-state index is 12.4. The van der Waals surface area contributed by atoms with E-state index >= 15 is 0 Å². The first kappa shape index (κ1) is 18.2. The molecule has 0 atom stereocenters. The van der Waals surface area contributed by atoms with Crippen LogP contribution in [0, 0.1) is 5.41 Å².